The summed E-state index contributed by atoms with van der Waals surface area (Å²) in [6, 6.07) is 6.59. The number of anilines is 2. The van der Waals surface area contributed by atoms with Gasteiger partial charge in [-0.25, -0.2) is 4.98 Å². The molecule has 34 heavy (non-hydrogen) atoms. The molecule has 0 spiro atoms. The largest absolute Gasteiger partial charge is 0.377 e. The van der Waals surface area contributed by atoms with E-state index in [1.807, 2.05) is 11.3 Å². The van der Waals surface area contributed by atoms with Crippen molar-refractivity contribution in [2.75, 3.05) is 5.32 Å². The van der Waals surface area contributed by atoms with Gasteiger partial charge in [-0.2, -0.15) is 0 Å². The topological polar surface area (TPSA) is 45.1 Å². The summed E-state index contributed by atoms with van der Waals surface area (Å²) < 4.78 is 0. The Bertz CT molecular complexity index is 1220. The second-order valence-electron chi connectivity index (χ2n) is 11.9. The summed E-state index contributed by atoms with van der Waals surface area (Å²) >= 11 is 1.83. The van der Waals surface area contributed by atoms with E-state index in [-0.39, 0.29) is 10.8 Å². The fraction of sp³-hybridized carbons (Fsp3) is 0.567. The lowest BCUT2D eigenvalue weighted by Crippen LogP contribution is -2.53. The number of benzene rings is 1. The minimum absolute atomic E-state index is 0.141. The molecule has 0 aliphatic heterocycles. The lowest BCUT2D eigenvalue weighted by Gasteiger charge is -2.57. The van der Waals surface area contributed by atoms with Gasteiger partial charge >= 0.3 is 0 Å². The zero-order valence-electron chi connectivity index (χ0n) is 20.9. The molecule has 0 radical (unpaired) electrons. The minimum atomic E-state index is -0.931. The molecule has 0 bridgehead atoms. The number of terminal acetylenes is 1. The van der Waals surface area contributed by atoms with Crippen LogP contribution in [-0.4, -0.2) is 15.7 Å². The summed E-state index contributed by atoms with van der Waals surface area (Å²) in [7, 11) is 0. The highest BCUT2D eigenvalue weighted by Gasteiger charge is 2.63. The standard InChI is InChI=1S/C30H36N2OS/c1-6-30(33)14-10-23-21-7-8-24-26-25(11-12-28(24,4)22(21)9-13-29(23,30)5)32-27(34-26)31-20-16-18(2)15-19(3)17-20/h1,8,15-17,21-23,33H,7,9-14H2,2-5H3,(H,31,32)/t21-,22+,23+,28-,29+,30+/m1/s1. The average molecular weight is 473 g/mol. The van der Waals surface area contributed by atoms with Gasteiger partial charge in [0.2, 0.25) is 0 Å². The molecule has 1 heterocycles. The molecule has 6 rings (SSSR count). The third kappa shape index (κ3) is 3.02. The average Bonchev–Trinajstić information content (AvgIpc) is 3.31. The molecule has 2 aromatic rings. The van der Waals surface area contributed by atoms with Crippen molar-refractivity contribution in [3.63, 3.8) is 0 Å². The van der Waals surface area contributed by atoms with Crippen molar-refractivity contribution in [1.29, 1.82) is 0 Å². The molecule has 4 aliphatic rings. The van der Waals surface area contributed by atoms with Gasteiger partial charge < -0.3 is 10.4 Å². The molecule has 2 saturated carbocycles. The number of aryl methyl sites for hydroxylation is 3. The second kappa shape index (κ2) is 7.45. The predicted octanol–water partition coefficient (Wildman–Crippen LogP) is 7.05. The summed E-state index contributed by atoms with van der Waals surface area (Å²) in [4.78, 5) is 6.44. The number of rotatable bonds is 2. The summed E-state index contributed by atoms with van der Waals surface area (Å²) in [6.45, 7) is 9.07. The van der Waals surface area contributed by atoms with Gasteiger partial charge in [0, 0.05) is 11.1 Å². The van der Waals surface area contributed by atoms with Crippen LogP contribution in [-0.2, 0) is 6.42 Å². The summed E-state index contributed by atoms with van der Waals surface area (Å²) in [5, 5.41) is 15.9. The van der Waals surface area contributed by atoms with Crippen LogP contribution in [0.2, 0.25) is 0 Å². The molecule has 4 heteroatoms. The van der Waals surface area contributed by atoms with Crippen LogP contribution in [0, 0.1) is 54.8 Å². The van der Waals surface area contributed by atoms with Gasteiger partial charge in [-0.1, -0.05) is 43.2 Å². The molecule has 1 aromatic heterocycles. The Kier molecular flexibility index (Phi) is 4.91. The van der Waals surface area contributed by atoms with E-state index in [0.717, 1.165) is 49.3 Å². The first-order chi connectivity index (χ1) is 16.2. The lowest BCUT2D eigenvalue weighted by atomic mass is 9.47. The summed E-state index contributed by atoms with van der Waals surface area (Å²) in [5.74, 6) is 4.62. The van der Waals surface area contributed by atoms with Crippen LogP contribution in [0.3, 0.4) is 0 Å². The second-order valence-corrected chi connectivity index (χ2v) is 12.9. The van der Waals surface area contributed by atoms with Gasteiger partial charge in [0.25, 0.3) is 0 Å². The predicted molar refractivity (Wildman–Crippen MR) is 141 cm³/mol. The van der Waals surface area contributed by atoms with Crippen LogP contribution in [0.15, 0.2) is 24.3 Å². The number of aromatic nitrogens is 1. The van der Waals surface area contributed by atoms with E-state index < -0.39 is 5.60 Å². The zero-order valence-corrected chi connectivity index (χ0v) is 21.7. The summed E-state index contributed by atoms with van der Waals surface area (Å²) in [6.07, 6.45) is 15.7. The Morgan fingerprint density at radius 3 is 2.56 bits per heavy atom. The van der Waals surface area contributed by atoms with Crippen LogP contribution in [0.5, 0.6) is 0 Å². The van der Waals surface area contributed by atoms with Crippen LogP contribution in [0.4, 0.5) is 10.8 Å². The van der Waals surface area contributed by atoms with Crippen molar-refractivity contribution in [2.45, 2.75) is 78.2 Å². The van der Waals surface area contributed by atoms with Crippen molar-refractivity contribution in [2.24, 2.45) is 28.6 Å². The third-order valence-electron chi connectivity index (χ3n) is 10.2. The maximum atomic E-state index is 11.3. The van der Waals surface area contributed by atoms with Gasteiger partial charge in [-0.15, -0.1) is 6.42 Å². The normalized spacial score (nSPS) is 38.1. The fourth-order valence-electron chi connectivity index (χ4n) is 8.35. The van der Waals surface area contributed by atoms with E-state index in [9.17, 15) is 5.11 Å². The zero-order chi connectivity index (χ0) is 23.9. The van der Waals surface area contributed by atoms with Gasteiger partial charge in [-0.05, 0) is 111 Å². The molecule has 0 saturated heterocycles. The maximum Gasteiger partial charge on any atom is 0.187 e. The van der Waals surface area contributed by atoms with Gasteiger partial charge in [-0.3, -0.25) is 0 Å². The number of fused-ring (bicyclic) bond motifs is 7. The molecule has 2 N–H and O–H groups in total. The number of thiazole rings is 1. The fourth-order valence-corrected chi connectivity index (χ4v) is 9.56. The quantitative estimate of drug-likeness (QED) is 0.460. The molecule has 0 unspecified atom stereocenters. The first kappa shape index (κ1) is 22.4. The molecule has 178 valence electrons. The van der Waals surface area contributed by atoms with Crippen LogP contribution < -0.4 is 5.32 Å². The highest BCUT2D eigenvalue weighted by atomic mass is 32.1. The van der Waals surface area contributed by atoms with E-state index in [1.165, 1.54) is 33.7 Å². The Morgan fingerprint density at radius 1 is 1.09 bits per heavy atom. The van der Waals surface area contributed by atoms with E-state index in [2.05, 4.69) is 63.2 Å². The highest BCUT2D eigenvalue weighted by molar-refractivity contribution is 7.16. The first-order valence-corrected chi connectivity index (χ1v) is 13.7. The lowest BCUT2D eigenvalue weighted by molar-refractivity contribution is -0.0886. The van der Waals surface area contributed by atoms with E-state index in [4.69, 9.17) is 11.4 Å². The Hall–Kier alpha value is -2.09. The van der Waals surface area contributed by atoms with Crippen LogP contribution in [0.1, 0.15) is 74.1 Å². The maximum absolute atomic E-state index is 11.3. The SMILES string of the molecule is C#C[C@]1(O)CC[C@H]2[C@@H]3CC=C4c5sc(Nc6cc(C)cc(C)c6)nc5CC[C@]4(C)[C@H]3CC[C@@]21C. The van der Waals surface area contributed by atoms with E-state index in [1.54, 1.807) is 0 Å². The van der Waals surface area contributed by atoms with Gasteiger partial charge in [0.1, 0.15) is 5.60 Å². The number of nitrogens with zero attached hydrogens (tertiary/aromatic N) is 1. The Labute approximate surface area is 208 Å². The van der Waals surface area contributed by atoms with Crippen LogP contribution >= 0.6 is 11.3 Å². The van der Waals surface area contributed by atoms with E-state index in [0.29, 0.717) is 17.8 Å². The molecule has 6 atom stereocenters. The van der Waals surface area contributed by atoms with Crippen molar-refractivity contribution < 1.29 is 5.11 Å². The molecule has 3 nitrogen and oxygen atoms in total. The van der Waals surface area contributed by atoms with Gasteiger partial charge in [0.15, 0.2) is 5.13 Å². The number of hydrogen-bond donors (Lipinski definition) is 2. The number of hydrogen-bond acceptors (Lipinski definition) is 4. The first-order valence-electron chi connectivity index (χ1n) is 12.9. The Morgan fingerprint density at radius 2 is 1.82 bits per heavy atom. The number of nitrogens with one attached hydrogen (secondary N) is 1. The molecule has 0 amide bonds. The van der Waals surface area contributed by atoms with Crippen molar-refractivity contribution >= 4 is 27.7 Å². The number of allylic oxidation sites excluding steroid dienone is 2. The molecule has 1 aromatic carbocycles. The molecular weight excluding hydrogens is 436 g/mol. The number of aliphatic hydroxyl groups is 1. The smallest absolute Gasteiger partial charge is 0.187 e. The molecule has 2 fully saturated rings. The minimum Gasteiger partial charge on any atom is -0.377 e. The van der Waals surface area contributed by atoms with Crippen molar-refractivity contribution in [3.8, 4) is 12.3 Å². The van der Waals surface area contributed by atoms with Crippen LogP contribution in [0.25, 0.3) is 5.57 Å². The highest BCUT2D eigenvalue weighted by Crippen LogP contribution is 2.68. The van der Waals surface area contributed by atoms with Gasteiger partial charge in [0.05, 0.1) is 10.6 Å². The summed E-state index contributed by atoms with van der Waals surface area (Å²) in [5.41, 5.74) is 5.58. The molecule has 4 aliphatic carbocycles. The van der Waals surface area contributed by atoms with E-state index >= 15 is 0 Å². The molecular formula is C30H36N2OS. The third-order valence-corrected chi connectivity index (χ3v) is 11.2. The monoisotopic (exact) mass is 472 g/mol. The Balaban J connectivity index is 1.32. The van der Waals surface area contributed by atoms with Crippen molar-refractivity contribution in [1.82, 2.24) is 4.98 Å². The van der Waals surface area contributed by atoms with Crippen molar-refractivity contribution in [3.05, 3.63) is 46.0 Å².